The van der Waals surface area contributed by atoms with Crippen molar-refractivity contribution in [2.45, 2.75) is 6.42 Å². The third kappa shape index (κ3) is 2.95. The minimum absolute atomic E-state index is 0.112. The molecule has 0 saturated carbocycles. The molecule has 0 bridgehead atoms. The lowest BCUT2D eigenvalue weighted by molar-refractivity contribution is -0.145. The Morgan fingerprint density at radius 1 is 1.42 bits per heavy atom. The van der Waals surface area contributed by atoms with E-state index in [1.807, 2.05) is 0 Å². The van der Waals surface area contributed by atoms with Gasteiger partial charge in [-0.05, 0) is 44.0 Å². The third-order valence-electron chi connectivity index (χ3n) is 2.91. The van der Waals surface area contributed by atoms with Crippen molar-refractivity contribution < 1.29 is 14.3 Å². The molecule has 1 saturated heterocycles. The van der Waals surface area contributed by atoms with Crippen molar-refractivity contribution >= 4 is 61.0 Å². The van der Waals surface area contributed by atoms with Crippen LogP contribution in [-0.4, -0.2) is 25.5 Å². The van der Waals surface area contributed by atoms with E-state index in [0.717, 1.165) is 0 Å². The molecule has 1 aromatic carbocycles. The highest BCUT2D eigenvalue weighted by atomic mass is 79.9. The summed E-state index contributed by atoms with van der Waals surface area (Å²) in [6.45, 7) is 0.310. The van der Waals surface area contributed by atoms with Crippen LogP contribution in [0, 0.1) is 5.92 Å². The van der Waals surface area contributed by atoms with Gasteiger partial charge in [0, 0.05) is 26.9 Å². The molecule has 0 aromatic heterocycles. The fourth-order valence-electron chi connectivity index (χ4n) is 2.04. The number of methoxy groups -OCH3 is 1. The number of anilines is 1. The number of nitrogens with zero attached hydrogens (tertiary/aromatic N) is 1. The Balaban J connectivity index is 2.33. The average Bonchev–Trinajstić information content (AvgIpc) is 2.69. The van der Waals surface area contributed by atoms with Crippen LogP contribution < -0.4 is 4.90 Å². The maximum Gasteiger partial charge on any atom is 0.311 e. The van der Waals surface area contributed by atoms with Gasteiger partial charge in [-0.1, -0.05) is 11.6 Å². The number of hydrogen-bond donors (Lipinski definition) is 0. The van der Waals surface area contributed by atoms with Crippen molar-refractivity contribution in [2.75, 3.05) is 18.6 Å². The van der Waals surface area contributed by atoms with Gasteiger partial charge in [-0.25, -0.2) is 0 Å². The molecule has 0 aliphatic carbocycles. The second kappa shape index (κ2) is 5.81. The number of carbonyl (C=O) groups is 2. The Bertz CT molecular complexity index is 527. The summed E-state index contributed by atoms with van der Waals surface area (Å²) in [5.41, 5.74) is 0.681. The van der Waals surface area contributed by atoms with Crippen molar-refractivity contribution in [2.24, 2.45) is 5.92 Å². The fraction of sp³-hybridized carbons (Fsp3) is 0.333. The first-order valence-corrected chi connectivity index (χ1v) is 7.43. The van der Waals surface area contributed by atoms with Crippen LogP contribution in [-0.2, 0) is 14.3 Å². The molecule has 2 rings (SSSR count). The van der Waals surface area contributed by atoms with Crippen LogP contribution in [0.1, 0.15) is 6.42 Å². The van der Waals surface area contributed by atoms with Crippen LogP contribution in [0.4, 0.5) is 5.69 Å². The minimum Gasteiger partial charge on any atom is -0.469 e. The van der Waals surface area contributed by atoms with E-state index >= 15 is 0 Å². The number of hydrogen-bond acceptors (Lipinski definition) is 3. The Kier molecular flexibility index (Phi) is 4.53. The number of amides is 1. The third-order valence-corrected chi connectivity index (χ3v) is 4.34. The van der Waals surface area contributed by atoms with E-state index < -0.39 is 5.92 Å². The van der Waals surface area contributed by atoms with Gasteiger partial charge in [0.25, 0.3) is 0 Å². The van der Waals surface area contributed by atoms with Crippen molar-refractivity contribution in [3.05, 3.63) is 26.1 Å². The van der Waals surface area contributed by atoms with Gasteiger partial charge < -0.3 is 9.64 Å². The second-order valence-electron chi connectivity index (χ2n) is 4.15. The van der Waals surface area contributed by atoms with Crippen LogP contribution in [0.3, 0.4) is 0 Å². The Morgan fingerprint density at radius 3 is 2.53 bits per heavy atom. The van der Waals surface area contributed by atoms with Gasteiger partial charge in [-0.3, -0.25) is 9.59 Å². The molecule has 1 atom stereocenters. The van der Waals surface area contributed by atoms with E-state index in [1.54, 1.807) is 17.0 Å². The van der Waals surface area contributed by atoms with Gasteiger partial charge in [0.1, 0.15) is 0 Å². The number of benzene rings is 1. The molecule has 1 unspecified atom stereocenters. The summed E-state index contributed by atoms with van der Waals surface area (Å²) in [6, 6.07) is 3.42. The molecule has 0 spiro atoms. The van der Waals surface area contributed by atoms with Gasteiger partial charge in [0.05, 0.1) is 18.7 Å². The number of halogens is 3. The highest BCUT2D eigenvalue weighted by Gasteiger charge is 2.37. The maximum absolute atomic E-state index is 12.0. The van der Waals surface area contributed by atoms with Crippen molar-refractivity contribution in [3.63, 3.8) is 0 Å². The molecule has 1 aliphatic heterocycles. The molecule has 4 nitrogen and oxygen atoms in total. The lowest BCUT2D eigenvalue weighted by atomic mass is 10.1. The summed E-state index contributed by atoms with van der Waals surface area (Å²) < 4.78 is 6.08. The molecule has 19 heavy (non-hydrogen) atoms. The summed E-state index contributed by atoms with van der Waals surface area (Å²) in [4.78, 5) is 25.1. The molecule has 0 N–H and O–H groups in total. The maximum atomic E-state index is 12.0. The topological polar surface area (TPSA) is 46.6 Å². The zero-order valence-corrected chi connectivity index (χ0v) is 13.9. The number of carbonyl (C=O) groups excluding carboxylic acids is 2. The molecule has 1 amide bonds. The summed E-state index contributed by atoms with van der Waals surface area (Å²) in [5, 5.41) is 0.554. The van der Waals surface area contributed by atoms with Crippen LogP contribution in [0.15, 0.2) is 21.1 Å². The predicted molar refractivity (Wildman–Crippen MR) is 79.3 cm³/mol. The van der Waals surface area contributed by atoms with Crippen LogP contribution >= 0.6 is 43.5 Å². The Labute approximate surface area is 132 Å². The van der Waals surface area contributed by atoms with Gasteiger partial charge in [0.2, 0.25) is 5.91 Å². The molecule has 1 fully saturated rings. The van der Waals surface area contributed by atoms with Crippen LogP contribution in [0.5, 0.6) is 0 Å². The molecule has 102 valence electrons. The standard InChI is InChI=1S/C12H10Br2ClNO3/c1-19-12(18)6-2-10(17)16(5-6)11-8(13)3-7(15)4-9(11)14/h3-4,6H,2,5H2,1H3. The van der Waals surface area contributed by atoms with E-state index in [0.29, 0.717) is 26.2 Å². The molecule has 0 radical (unpaired) electrons. The molecule has 1 aliphatic rings. The highest BCUT2D eigenvalue weighted by Crippen LogP contribution is 2.39. The second-order valence-corrected chi connectivity index (χ2v) is 6.29. The van der Waals surface area contributed by atoms with Crippen molar-refractivity contribution in [1.82, 2.24) is 0 Å². The van der Waals surface area contributed by atoms with E-state index in [1.165, 1.54) is 7.11 Å². The number of ether oxygens (including phenoxy) is 1. The Hall–Kier alpha value is -0.590. The van der Waals surface area contributed by atoms with Gasteiger partial charge in [-0.15, -0.1) is 0 Å². The van der Waals surface area contributed by atoms with E-state index in [-0.39, 0.29) is 18.3 Å². The highest BCUT2D eigenvalue weighted by molar-refractivity contribution is 9.11. The van der Waals surface area contributed by atoms with Gasteiger partial charge in [0.15, 0.2) is 0 Å². The predicted octanol–water partition coefficient (Wildman–Crippen LogP) is 3.39. The summed E-state index contributed by atoms with van der Waals surface area (Å²) in [6.07, 6.45) is 0.161. The lowest BCUT2D eigenvalue weighted by Gasteiger charge is -2.20. The zero-order valence-electron chi connectivity index (χ0n) is 9.95. The summed E-state index contributed by atoms with van der Waals surface area (Å²) in [5.74, 6) is -0.900. The first-order valence-electron chi connectivity index (χ1n) is 5.46. The quantitative estimate of drug-likeness (QED) is 0.701. The summed E-state index contributed by atoms with van der Waals surface area (Å²) >= 11 is 12.7. The van der Waals surface area contributed by atoms with Crippen LogP contribution in [0.25, 0.3) is 0 Å². The van der Waals surface area contributed by atoms with E-state index in [2.05, 4.69) is 36.6 Å². The molecular formula is C12H10Br2ClNO3. The van der Waals surface area contributed by atoms with Crippen molar-refractivity contribution in [1.29, 1.82) is 0 Å². The fourth-order valence-corrected chi connectivity index (χ4v) is 4.14. The normalized spacial score (nSPS) is 18.8. The summed E-state index contributed by atoms with van der Waals surface area (Å²) in [7, 11) is 1.32. The minimum atomic E-state index is -0.424. The lowest BCUT2D eigenvalue weighted by Crippen LogP contribution is -2.26. The largest absolute Gasteiger partial charge is 0.469 e. The number of esters is 1. The number of rotatable bonds is 2. The zero-order chi connectivity index (χ0) is 14.2. The molecule has 1 aromatic rings. The first-order chi connectivity index (χ1) is 8.93. The SMILES string of the molecule is COC(=O)C1CC(=O)N(c2c(Br)cc(Cl)cc2Br)C1. The molecular weight excluding hydrogens is 401 g/mol. The van der Waals surface area contributed by atoms with E-state index in [9.17, 15) is 9.59 Å². The first kappa shape index (κ1) is 14.8. The van der Waals surface area contributed by atoms with E-state index in [4.69, 9.17) is 11.6 Å². The monoisotopic (exact) mass is 409 g/mol. The van der Waals surface area contributed by atoms with Gasteiger partial charge >= 0.3 is 5.97 Å². The smallest absolute Gasteiger partial charge is 0.311 e. The molecule has 7 heteroatoms. The van der Waals surface area contributed by atoms with Gasteiger partial charge in [-0.2, -0.15) is 0 Å². The average molecular weight is 411 g/mol. The molecule has 1 heterocycles. The Morgan fingerprint density at radius 2 is 2.00 bits per heavy atom. The van der Waals surface area contributed by atoms with Crippen molar-refractivity contribution in [3.8, 4) is 0 Å². The van der Waals surface area contributed by atoms with Crippen LogP contribution in [0.2, 0.25) is 5.02 Å².